The Bertz CT molecular complexity index is 1240. The van der Waals surface area contributed by atoms with Gasteiger partial charge < -0.3 is 14.8 Å². The van der Waals surface area contributed by atoms with E-state index in [1.807, 2.05) is 54.6 Å². The Hall–Kier alpha value is -3.36. The first-order valence-corrected chi connectivity index (χ1v) is 12.3. The summed E-state index contributed by atoms with van der Waals surface area (Å²) in [4.78, 5) is 12.8. The number of rotatable bonds is 9. The van der Waals surface area contributed by atoms with Gasteiger partial charge in [0, 0.05) is 17.6 Å². The van der Waals surface area contributed by atoms with E-state index in [1.165, 1.54) is 25.3 Å². The number of methoxy groups -OCH3 is 1. The Kier molecular flexibility index (Phi) is 7.96. The molecule has 7 nitrogen and oxygen atoms in total. The van der Waals surface area contributed by atoms with Crippen molar-refractivity contribution in [1.29, 1.82) is 0 Å². The highest BCUT2D eigenvalue weighted by molar-refractivity contribution is 7.89. The number of hydrogen-bond acceptors (Lipinski definition) is 5. The van der Waals surface area contributed by atoms with Crippen LogP contribution < -0.4 is 19.5 Å². The molecule has 0 aromatic heterocycles. The monoisotopic (exact) mass is 482 g/mol. The second-order valence-corrected chi connectivity index (χ2v) is 10.4. The van der Waals surface area contributed by atoms with Crippen LogP contribution in [0.2, 0.25) is 0 Å². The number of carbonyl (C=O) groups excluding carboxylic acids is 1. The Morgan fingerprint density at radius 1 is 0.912 bits per heavy atom. The number of amides is 1. The standard InChI is InChI=1S/C26H30N2O5S/c1-26(2,3)28-34(30,31)24-16-19(14-15-23(24)32-4)25(29)27-17-20-10-8-9-11-21(20)18-33-22-12-6-5-7-13-22/h5-16,28H,17-18H2,1-4H3,(H,27,29). The zero-order valence-corrected chi connectivity index (χ0v) is 20.6. The SMILES string of the molecule is COc1ccc(C(=O)NCc2ccccc2COc2ccccc2)cc1S(=O)(=O)NC(C)(C)C. The van der Waals surface area contributed by atoms with Gasteiger partial charge in [-0.15, -0.1) is 0 Å². The zero-order chi connectivity index (χ0) is 24.8. The summed E-state index contributed by atoms with van der Waals surface area (Å²) >= 11 is 0. The molecule has 0 bridgehead atoms. The molecule has 2 N–H and O–H groups in total. The molecule has 0 heterocycles. The second-order valence-electron chi connectivity index (χ2n) is 8.77. The number of sulfonamides is 1. The van der Waals surface area contributed by atoms with Gasteiger partial charge in [-0.3, -0.25) is 4.79 Å². The van der Waals surface area contributed by atoms with Gasteiger partial charge in [-0.1, -0.05) is 42.5 Å². The van der Waals surface area contributed by atoms with Gasteiger partial charge in [0.15, 0.2) is 0 Å². The summed E-state index contributed by atoms with van der Waals surface area (Å²) in [7, 11) is -2.51. The van der Waals surface area contributed by atoms with E-state index in [2.05, 4.69) is 10.0 Å². The minimum Gasteiger partial charge on any atom is -0.495 e. The summed E-state index contributed by atoms with van der Waals surface area (Å²) in [6.45, 7) is 5.85. The number of hydrogen-bond donors (Lipinski definition) is 2. The van der Waals surface area contributed by atoms with Crippen LogP contribution in [0.25, 0.3) is 0 Å². The first-order chi connectivity index (χ1) is 16.1. The number of ether oxygens (including phenoxy) is 2. The average molecular weight is 483 g/mol. The molecule has 0 unspecified atom stereocenters. The largest absolute Gasteiger partial charge is 0.495 e. The normalized spacial score (nSPS) is 11.6. The third kappa shape index (κ3) is 6.82. The van der Waals surface area contributed by atoms with Crippen LogP contribution in [0.15, 0.2) is 77.7 Å². The fourth-order valence-electron chi connectivity index (χ4n) is 3.31. The first-order valence-electron chi connectivity index (χ1n) is 10.8. The molecule has 0 fully saturated rings. The Labute approximate surface area is 201 Å². The van der Waals surface area contributed by atoms with Crippen LogP contribution in [-0.2, 0) is 23.2 Å². The molecular formula is C26H30N2O5S. The van der Waals surface area contributed by atoms with Crippen LogP contribution in [0, 0.1) is 0 Å². The molecular weight excluding hydrogens is 452 g/mol. The molecule has 8 heteroatoms. The van der Waals surface area contributed by atoms with Gasteiger partial charge in [0.1, 0.15) is 23.0 Å². The Morgan fingerprint density at radius 3 is 2.21 bits per heavy atom. The lowest BCUT2D eigenvalue weighted by Crippen LogP contribution is -2.40. The predicted molar refractivity (Wildman–Crippen MR) is 131 cm³/mol. The summed E-state index contributed by atoms with van der Waals surface area (Å²) in [5, 5.41) is 2.87. The molecule has 34 heavy (non-hydrogen) atoms. The fraction of sp³-hybridized carbons (Fsp3) is 0.269. The average Bonchev–Trinajstić information content (AvgIpc) is 2.80. The lowest BCUT2D eigenvalue weighted by atomic mass is 10.1. The van der Waals surface area contributed by atoms with E-state index < -0.39 is 21.5 Å². The van der Waals surface area contributed by atoms with E-state index in [-0.39, 0.29) is 22.8 Å². The molecule has 0 saturated carbocycles. The highest BCUT2D eigenvalue weighted by Crippen LogP contribution is 2.26. The predicted octanol–water partition coefficient (Wildman–Crippen LogP) is 4.28. The van der Waals surface area contributed by atoms with E-state index in [4.69, 9.17) is 9.47 Å². The lowest BCUT2D eigenvalue weighted by molar-refractivity contribution is 0.0950. The van der Waals surface area contributed by atoms with E-state index in [9.17, 15) is 13.2 Å². The third-order valence-electron chi connectivity index (χ3n) is 4.85. The molecule has 0 spiro atoms. The van der Waals surface area contributed by atoms with Crippen molar-refractivity contribution in [3.05, 3.63) is 89.5 Å². The number of para-hydroxylation sites is 1. The van der Waals surface area contributed by atoms with Crippen molar-refractivity contribution >= 4 is 15.9 Å². The van der Waals surface area contributed by atoms with Crippen molar-refractivity contribution in [1.82, 2.24) is 10.0 Å². The molecule has 3 aromatic carbocycles. The summed E-state index contributed by atoms with van der Waals surface area (Å²) < 4.78 is 39.4. The smallest absolute Gasteiger partial charge is 0.251 e. The molecule has 3 rings (SSSR count). The maximum atomic E-state index is 12.9. The Balaban J connectivity index is 1.74. The lowest BCUT2D eigenvalue weighted by Gasteiger charge is -2.21. The van der Waals surface area contributed by atoms with E-state index in [0.29, 0.717) is 6.61 Å². The quantitative estimate of drug-likeness (QED) is 0.475. The minimum atomic E-state index is -3.90. The third-order valence-corrected chi connectivity index (χ3v) is 6.63. The summed E-state index contributed by atoms with van der Waals surface area (Å²) in [5.74, 6) is 0.530. The van der Waals surface area contributed by atoms with Gasteiger partial charge in [-0.05, 0) is 62.2 Å². The summed E-state index contributed by atoms with van der Waals surface area (Å²) in [6.07, 6.45) is 0. The van der Waals surface area contributed by atoms with Crippen LogP contribution in [0.3, 0.4) is 0 Å². The number of nitrogens with one attached hydrogen (secondary N) is 2. The highest BCUT2D eigenvalue weighted by atomic mass is 32.2. The van der Waals surface area contributed by atoms with Gasteiger partial charge in [0.05, 0.1) is 7.11 Å². The second kappa shape index (κ2) is 10.7. The van der Waals surface area contributed by atoms with Crippen molar-refractivity contribution in [2.24, 2.45) is 0 Å². The van der Waals surface area contributed by atoms with Crippen LogP contribution in [0.1, 0.15) is 42.3 Å². The van der Waals surface area contributed by atoms with Gasteiger partial charge >= 0.3 is 0 Å². The summed E-state index contributed by atoms with van der Waals surface area (Å²) in [5.41, 5.74) is 1.38. The maximum absolute atomic E-state index is 12.9. The zero-order valence-electron chi connectivity index (χ0n) is 19.8. The van der Waals surface area contributed by atoms with Crippen LogP contribution in [0.5, 0.6) is 11.5 Å². The van der Waals surface area contributed by atoms with Crippen LogP contribution >= 0.6 is 0 Å². The van der Waals surface area contributed by atoms with E-state index >= 15 is 0 Å². The molecule has 0 atom stereocenters. The number of carbonyl (C=O) groups is 1. The van der Waals surface area contributed by atoms with E-state index in [1.54, 1.807) is 20.8 Å². The van der Waals surface area contributed by atoms with Crippen molar-refractivity contribution in [2.75, 3.05) is 7.11 Å². The molecule has 3 aromatic rings. The maximum Gasteiger partial charge on any atom is 0.251 e. The van der Waals surface area contributed by atoms with Crippen molar-refractivity contribution < 1.29 is 22.7 Å². The highest BCUT2D eigenvalue weighted by Gasteiger charge is 2.26. The molecule has 0 saturated heterocycles. The van der Waals surface area contributed by atoms with Crippen molar-refractivity contribution in [3.8, 4) is 11.5 Å². The molecule has 0 aliphatic heterocycles. The van der Waals surface area contributed by atoms with Crippen molar-refractivity contribution in [3.63, 3.8) is 0 Å². The van der Waals surface area contributed by atoms with Gasteiger partial charge in [-0.25, -0.2) is 13.1 Å². The first kappa shape index (κ1) is 25.3. The Morgan fingerprint density at radius 2 is 1.56 bits per heavy atom. The van der Waals surface area contributed by atoms with E-state index in [0.717, 1.165) is 16.9 Å². The summed E-state index contributed by atoms with van der Waals surface area (Å²) in [6, 6.07) is 21.5. The molecule has 0 aliphatic carbocycles. The number of benzene rings is 3. The molecule has 1 amide bonds. The van der Waals surface area contributed by atoms with Crippen molar-refractivity contribution in [2.45, 2.75) is 44.4 Å². The van der Waals surface area contributed by atoms with Gasteiger partial charge in [0.2, 0.25) is 10.0 Å². The molecule has 0 radical (unpaired) electrons. The topological polar surface area (TPSA) is 93.7 Å². The molecule has 180 valence electrons. The van der Waals surface area contributed by atoms with Gasteiger partial charge in [0.25, 0.3) is 5.91 Å². The van der Waals surface area contributed by atoms with Crippen LogP contribution in [0.4, 0.5) is 0 Å². The van der Waals surface area contributed by atoms with Gasteiger partial charge in [-0.2, -0.15) is 0 Å². The molecule has 0 aliphatic rings. The fourth-order valence-corrected chi connectivity index (χ4v) is 4.93. The minimum absolute atomic E-state index is 0.0887. The van der Waals surface area contributed by atoms with Crippen LogP contribution in [-0.4, -0.2) is 27.0 Å².